The van der Waals surface area contributed by atoms with Crippen LogP contribution in [0.2, 0.25) is 0 Å². The van der Waals surface area contributed by atoms with E-state index < -0.39 is 0 Å². The molecule has 13 heavy (non-hydrogen) atoms. The van der Waals surface area contributed by atoms with Gasteiger partial charge in [-0.1, -0.05) is 0 Å². The van der Waals surface area contributed by atoms with Crippen molar-refractivity contribution in [1.29, 1.82) is 0 Å². The molecule has 0 unspecified atom stereocenters. The van der Waals surface area contributed by atoms with Crippen molar-refractivity contribution in [2.24, 2.45) is 11.8 Å². The first kappa shape index (κ1) is 11.3. The van der Waals surface area contributed by atoms with Crippen molar-refractivity contribution >= 4 is 35.6 Å². The number of hydrogen-bond donors (Lipinski definition) is 0. The predicted molar refractivity (Wildman–Crippen MR) is 63.0 cm³/mol. The third kappa shape index (κ3) is 2.19. The molecule has 0 saturated heterocycles. The van der Waals surface area contributed by atoms with Crippen molar-refractivity contribution in [2.45, 2.75) is 32.5 Å². The van der Waals surface area contributed by atoms with Crippen LogP contribution in [-0.2, 0) is 0 Å². The van der Waals surface area contributed by atoms with Crippen LogP contribution in [0.25, 0.3) is 0 Å². The van der Waals surface area contributed by atoms with Crippen LogP contribution in [0.1, 0.15) is 27.7 Å². The molecule has 1 heterocycles. The van der Waals surface area contributed by atoms with Gasteiger partial charge in [0.25, 0.3) is 0 Å². The van der Waals surface area contributed by atoms with E-state index in [2.05, 4.69) is 34.6 Å². The summed E-state index contributed by atoms with van der Waals surface area (Å²) in [4.78, 5) is -0.361. The molecule has 1 aliphatic rings. The normalized spacial score (nSPS) is 16.5. The van der Waals surface area contributed by atoms with E-state index in [0.717, 1.165) is 5.57 Å². The Hall–Kier alpha value is 0.255. The molecule has 3 heteroatoms. The fourth-order valence-electron chi connectivity index (χ4n) is 1.62. The Morgan fingerprint density at radius 2 is 1.54 bits per heavy atom. The van der Waals surface area contributed by atoms with Gasteiger partial charge < -0.3 is 0 Å². The molecule has 0 aromatic heterocycles. The minimum absolute atomic E-state index is 0.361. The summed E-state index contributed by atoms with van der Waals surface area (Å²) < 4.78 is 0. The van der Waals surface area contributed by atoms with Crippen LogP contribution >= 0.6 is 23.2 Å². The molecule has 0 aromatic rings. The average molecular weight is 217 g/mol. The molecule has 0 radical (unpaired) electrons. The Labute approximate surface area is 91.2 Å². The monoisotopic (exact) mass is 216 g/mol. The maximum absolute atomic E-state index is 5.92. The number of allylic oxidation sites excluding steroid dienone is 2. The van der Waals surface area contributed by atoms with Gasteiger partial charge in [0.05, 0.1) is 0 Å². The van der Waals surface area contributed by atoms with Crippen LogP contribution in [0.3, 0.4) is 0 Å². The molecule has 0 amide bonds. The van der Waals surface area contributed by atoms with Crippen LogP contribution in [0, 0.1) is 11.8 Å². The Morgan fingerprint density at radius 1 is 1.00 bits per heavy atom. The third-order valence-electron chi connectivity index (χ3n) is 2.40. The second-order valence-electron chi connectivity index (χ2n) is 4.08. The summed E-state index contributed by atoms with van der Waals surface area (Å²) in [6.07, 6.45) is 0. The summed E-state index contributed by atoms with van der Waals surface area (Å²) >= 11 is 11.8. The summed E-state index contributed by atoms with van der Waals surface area (Å²) in [5.74, 6) is 1.05. The quantitative estimate of drug-likeness (QED) is 0.502. The molecule has 0 bridgehead atoms. The van der Waals surface area contributed by atoms with Crippen LogP contribution < -0.4 is 0 Å². The molecule has 0 spiro atoms. The predicted octanol–water partition coefficient (Wildman–Crippen LogP) is 3.25. The van der Waals surface area contributed by atoms with E-state index in [-0.39, 0.29) is 4.84 Å². The molecular formula is C10H15BCl2. The van der Waals surface area contributed by atoms with Crippen LogP contribution in [0.4, 0.5) is 0 Å². The molecule has 72 valence electrons. The van der Waals surface area contributed by atoms with E-state index in [1.165, 1.54) is 10.9 Å². The van der Waals surface area contributed by atoms with E-state index >= 15 is 0 Å². The van der Waals surface area contributed by atoms with Crippen LogP contribution in [0.5, 0.6) is 0 Å². The molecular weight excluding hydrogens is 202 g/mol. The fraction of sp³-hybridized carbons (Fsp3) is 0.700. The zero-order valence-electron chi connectivity index (χ0n) is 8.57. The van der Waals surface area contributed by atoms with Crippen molar-refractivity contribution in [1.82, 2.24) is 0 Å². The Balaban J connectivity index is 2.85. The summed E-state index contributed by atoms with van der Waals surface area (Å²) in [6.45, 7) is 10.9. The molecule has 0 aliphatic carbocycles. The second kappa shape index (κ2) is 4.19. The van der Waals surface area contributed by atoms with Gasteiger partial charge in [0.1, 0.15) is 0 Å². The molecule has 0 fully saturated rings. The molecule has 0 atom stereocenters. The SMILES string of the molecule is CC(C)C1=BC(C(C)C)=C1C(Cl)Cl. The average Bonchev–Trinajstić information content (AvgIpc) is 1.79. The Bertz CT molecular complexity index is 262. The number of hydrogen-bond acceptors (Lipinski definition) is 0. The van der Waals surface area contributed by atoms with Gasteiger partial charge in [0.2, 0.25) is 0 Å². The maximum atomic E-state index is 5.92. The molecule has 1 rings (SSSR count). The topological polar surface area (TPSA) is 0 Å². The first-order valence-electron chi connectivity index (χ1n) is 4.69. The van der Waals surface area contributed by atoms with Gasteiger partial charge in [-0.2, -0.15) is 0 Å². The van der Waals surface area contributed by atoms with Crippen LogP contribution in [0.15, 0.2) is 11.0 Å². The fourth-order valence-corrected chi connectivity index (χ4v) is 2.12. The van der Waals surface area contributed by atoms with Crippen molar-refractivity contribution in [3.8, 4) is 0 Å². The standard InChI is InChI=1S/C10H15BCl2/c1-5(2)8-7(10(12)13)9(11-8)6(3)4/h5-6,10H,1-4H3. The minimum atomic E-state index is -0.361. The molecule has 1 aliphatic heterocycles. The second-order valence-corrected chi connectivity index (χ2v) is 5.18. The van der Waals surface area contributed by atoms with E-state index in [1.807, 2.05) is 0 Å². The van der Waals surface area contributed by atoms with E-state index in [9.17, 15) is 0 Å². The Morgan fingerprint density at radius 3 is 1.85 bits per heavy atom. The van der Waals surface area contributed by atoms with Gasteiger partial charge in [-0.15, -0.1) is 0 Å². The van der Waals surface area contributed by atoms with Crippen molar-refractivity contribution in [2.75, 3.05) is 0 Å². The molecule has 0 aromatic carbocycles. The van der Waals surface area contributed by atoms with Gasteiger partial charge in [-0.3, -0.25) is 0 Å². The van der Waals surface area contributed by atoms with E-state index in [0.29, 0.717) is 11.8 Å². The first-order valence-corrected chi connectivity index (χ1v) is 5.56. The van der Waals surface area contributed by atoms with Gasteiger partial charge >= 0.3 is 91.0 Å². The van der Waals surface area contributed by atoms with Crippen LogP contribution in [-0.4, -0.2) is 17.2 Å². The van der Waals surface area contributed by atoms with Gasteiger partial charge in [0.15, 0.2) is 0 Å². The van der Waals surface area contributed by atoms with Gasteiger partial charge in [0, 0.05) is 0 Å². The molecule has 0 saturated carbocycles. The van der Waals surface area contributed by atoms with Gasteiger partial charge in [-0.25, -0.2) is 0 Å². The summed E-state index contributed by atoms with van der Waals surface area (Å²) in [6, 6.07) is 0. The van der Waals surface area contributed by atoms with E-state index in [1.54, 1.807) is 0 Å². The zero-order chi connectivity index (χ0) is 10.2. The summed E-state index contributed by atoms with van der Waals surface area (Å²) in [7, 11) is 0. The number of alkyl halides is 2. The Kier molecular flexibility index (Phi) is 3.65. The van der Waals surface area contributed by atoms with Crippen molar-refractivity contribution in [3.63, 3.8) is 0 Å². The first-order chi connectivity index (χ1) is 5.95. The van der Waals surface area contributed by atoms with Gasteiger partial charge in [-0.05, 0) is 0 Å². The van der Waals surface area contributed by atoms with Crippen molar-refractivity contribution < 1.29 is 0 Å². The number of rotatable bonds is 3. The number of halogens is 2. The van der Waals surface area contributed by atoms with E-state index in [4.69, 9.17) is 23.2 Å². The summed E-state index contributed by atoms with van der Waals surface area (Å²) in [5.41, 5.74) is 3.80. The molecule has 0 N–H and O–H groups in total. The zero-order valence-corrected chi connectivity index (χ0v) is 10.1. The third-order valence-corrected chi connectivity index (χ3v) is 2.83. The summed E-state index contributed by atoms with van der Waals surface area (Å²) in [5, 5.41) is 0. The van der Waals surface area contributed by atoms with Crippen molar-refractivity contribution in [3.05, 3.63) is 11.0 Å². The molecule has 0 nitrogen and oxygen atoms in total.